The predicted octanol–water partition coefficient (Wildman–Crippen LogP) is 3.23. The van der Waals surface area contributed by atoms with Crippen LogP contribution in [0.15, 0.2) is 18.2 Å². The molecule has 1 aliphatic heterocycles. The van der Waals surface area contributed by atoms with Crippen LogP contribution in [0.5, 0.6) is 0 Å². The van der Waals surface area contributed by atoms with Gasteiger partial charge in [-0.15, -0.1) is 0 Å². The molecule has 0 amide bonds. The van der Waals surface area contributed by atoms with E-state index < -0.39 is 0 Å². The molecule has 1 N–H and O–H groups in total. The van der Waals surface area contributed by atoms with Gasteiger partial charge < -0.3 is 5.32 Å². The van der Waals surface area contributed by atoms with Crippen molar-refractivity contribution in [3.8, 4) is 0 Å². The second kappa shape index (κ2) is 4.85. The summed E-state index contributed by atoms with van der Waals surface area (Å²) in [6.45, 7) is 9.53. The van der Waals surface area contributed by atoms with Crippen molar-refractivity contribution >= 4 is 5.78 Å². The van der Waals surface area contributed by atoms with Crippen molar-refractivity contribution in [1.82, 2.24) is 5.32 Å². The molecule has 1 fully saturated rings. The Labute approximate surface area is 110 Å². The molecule has 0 spiro atoms. The summed E-state index contributed by atoms with van der Waals surface area (Å²) >= 11 is 0. The topological polar surface area (TPSA) is 29.1 Å². The van der Waals surface area contributed by atoms with Crippen LogP contribution in [0.4, 0.5) is 0 Å². The van der Waals surface area contributed by atoms with E-state index in [2.05, 4.69) is 44.3 Å². The number of hydrogen-bond donors (Lipinski definition) is 1. The number of carbonyl (C=O) groups is 1. The van der Waals surface area contributed by atoms with Crippen LogP contribution in [0.2, 0.25) is 0 Å². The number of benzene rings is 1. The Bertz CT molecular complexity index is 451. The van der Waals surface area contributed by atoms with E-state index in [0.29, 0.717) is 0 Å². The first-order valence-corrected chi connectivity index (χ1v) is 6.78. The highest BCUT2D eigenvalue weighted by atomic mass is 16.1. The van der Waals surface area contributed by atoms with E-state index in [0.717, 1.165) is 30.5 Å². The lowest BCUT2D eigenvalue weighted by molar-refractivity contribution is 0.0951. The third-order valence-corrected chi connectivity index (χ3v) is 3.75. The van der Waals surface area contributed by atoms with E-state index in [1.165, 1.54) is 5.56 Å². The smallest absolute Gasteiger partial charge is 0.180 e. The average molecular weight is 245 g/mol. The summed E-state index contributed by atoms with van der Waals surface area (Å²) in [5.41, 5.74) is 3.30. The Balaban J connectivity index is 2.34. The first-order chi connectivity index (χ1) is 8.39. The Morgan fingerprint density at radius 2 is 2.06 bits per heavy atom. The molecule has 0 radical (unpaired) electrons. The number of carbonyl (C=O) groups excluding carboxylic acids is 1. The molecule has 0 aliphatic carbocycles. The van der Waals surface area contributed by atoms with Gasteiger partial charge in [0.15, 0.2) is 5.78 Å². The van der Waals surface area contributed by atoms with Crippen LogP contribution in [0, 0.1) is 6.92 Å². The summed E-state index contributed by atoms with van der Waals surface area (Å²) in [5.74, 6) is 0.260. The third kappa shape index (κ3) is 2.64. The number of ketones is 1. The highest BCUT2D eigenvalue weighted by Gasteiger charge is 2.25. The molecular weight excluding hydrogens is 222 g/mol. The van der Waals surface area contributed by atoms with Crippen LogP contribution in [-0.4, -0.2) is 18.4 Å². The molecule has 1 saturated heterocycles. The zero-order valence-electron chi connectivity index (χ0n) is 11.8. The molecule has 1 aromatic carbocycles. The van der Waals surface area contributed by atoms with Crippen molar-refractivity contribution < 1.29 is 4.79 Å². The minimum Gasteiger partial charge on any atom is -0.307 e. The van der Waals surface area contributed by atoms with E-state index in [-0.39, 0.29) is 17.2 Å². The van der Waals surface area contributed by atoms with E-state index in [4.69, 9.17) is 0 Å². The maximum absolute atomic E-state index is 12.5. The largest absolute Gasteiger partial charge is 0.307 e. The van der Waals surface area contributed by atoms with Gasteiger partial charge >= 0.3 is 0 Å². The molecule has 0 bridgehead atoms. The zero-order valence-corrected chi connectivity index (χ0v) is 11.8. The van der Waals surface area contributed by atoms with Crippen molar-refractivity contribution in [1.29, 1.82) is 0 Å². The van der Waals surface area contributed by atoms with E-state index in [9.17, 15) is 4.79 Å². The maximum Gasteiger partial charge on any atom is 0.180 e. The fourth-order valence-corrected chi connectivity index (χ4v) is 2.45. The molecule has 2 heteroatoms. The Kier molecular flexibility index (Phi) is 3.58. The van der Waals surface area contributed by atoms with Gasteiger partial charge in [-0.1, -0.05) is 32.9 Å². The molecule has 1 unspecified atom stereocenters. The molecule has 1 aliphatic rings. The first-order valence-electron chi connectivity index (χ1n) is 6.78. The van der Waals surface area contributed by atoms with Gasteiger partial charge in [-0.2, -0.15) is 0 Å². The molecular formula is C16H23NO. The average Bonchev–Trinajstić information content (AvgIpc) is 2.80. The minimum atomic E-state index is 0.0268. The Morgan fingerprint density at radius 3 is 2.61 bits per heavy atom. The predicted molar refractivity (Wildman–Crippen MR) is 75.2 cm³/mol. The normalized spacial score (nSPS) is 20.1. The van der Waals surface area contributed by atoms with Gasteiger partial charge in [0.1, 0.15) is 0 Å². The van der Waals surface area contributed by atoms with E-state index >= 15 is 0 Å². The number of rotatable bonds is 2. The van der Waals surface area contributed by atoms with Gasteiger partial charge in [-0.3, -0.25) is 4.79 Å². The highest BCUT2D eigenvalue weighted by Crippen LogP contribution is 2.25. The molecule has 1 aromatic rings. The fraction of sp³-hybridized carbons (Fsp3) is 0.562. The fourth-order valence-electron chi connectivity index (χ4n) is 2.45. The number of aryl methyl sites for hydroxylation is 1. The van der Waals surface area contributed by atoms with Crippen LogP contribution in [0.1, 0.15) is 55.1 Å². The Morgan fingerprint density at radius 1 is 1.33 bits per heavy atom. The molecule has 18 heavy (non-hydrogen) atoms. The van der Waals surface area contributed by atoms with Gasteiger partial charge in [0.25, 0.3) is 0 Å². The second-order valence-corrected chi connectivity index (χ2v) is 6.29. The molecule has 98 valence electrons. The lowest BCUT2D eigenvalue weighted by atomic mass is 9.84. The number of nitrogens with one attached hydrogen (secondary N) is 1. The SMILES string of the molecule is Cc1ccc(C(C)(C)C)cc1C(=O)C1CCCN1. The number of Topliss-reactive ketones (excluding diaryl/α,β-unsaturated/α-hetero) is 1. The van der Waals surface area contributed by atoms with Crippen molar-refractivity contribution in [2.75, 3.05) is 6.54 Å². The lowest BCUT2D eigenvalue weighted by Gasteiger charge is -2.21. The van der Waals surface area contributed by atoms with Gasteiger partial charge in [0, 0.05) is 5.56 Å². The quantitative estimate of drug-likeness (QED) is 0.811. The summed E-state index contributed by atoms with van der Waals surface area (Å²) in [6.07, 6.45) is 2.08. The van der Waals surface area contributed by atoms with Crippen LogP contribution in [0.3, 0.4) is 0 Å². The third-order valence-electron chi connectivity index (χ3n) is 3.75. The van der Waals surface area contributed by atoms with Gasteiger partial charge in [-0.25, -0.2) is 0 Å². The molecule has 2 rings (SSSR count). The van der Waals surface area contributed by atoms with Crippen molar-refractivity contribution in [3.05, 3.63) is 34.9 Å². The summed E-state index contributed by atoms with van der Waals surface area (Å²) in [5, 5.41) is 3.29. The standard InChI is InChI=1S/C16H23NO/c1-11-7-8-12(16(2,3)4)10-13(11)15(18)14-6-5-9-17-14/h7-8,10,14,17H,5-6,9H2,1-4H3. The van der Waals surface area contributed by atoms with Crippen molar-refractivity contribution in [2.45, 2.75) is 52.0 Å². The summed E-state index contributed by atoms with van der Waals surface area (Å²) < 4.78 is 0. The van der Waals surface area contributed by atoms with Crippen LogP contribution in [0.25, 0.3) is 0 Å². The maximum atomic E-state index is 12.5. The minimum absolute atomic E-state index is 0.0268. The van der Waals surface area contributed by atoms with Crippen LogP contribution < -0.4 is 5.32 Å². The van der Waals surface area contributed by atoms with Gasteiger partial charge in [-0.05, 0) is 48.9 Å². The molecule has 0 saturated carbocycles. The van der Waals surface area contributed by atoms with E-state index in [1.807, 2.05) is 6.92 Å². The summed E-state index contributed by atoms with van der Waals surface area (Å²) in [6, 6.07) is 6.31. The van der Waals surface area contributed by atoms with Crippen LogP contribution in [-0.2, 0) is 5.41 Å². The lowest BCUT2D eigenvalue weighted by Crippen LogP contribution is -2.31. The molecule has 2 nitrogen and oxygen atoms in total. The monoisotopic (exact) mass is 245 g/mol. The van der Waals surface area contributed by atoms with Gasteiger partial charge in [0.2, 0.25) is 0 Å². The Hall–Kier alpha value is -1.15. The molecule has 1 atom stereocenters. The van der Waals surface area contributed by atoms with Gasteiger partial charge in [0.05, 0.1) is 6.04 Å². The highest BCUT2D eigenvalue weighted by molar-refractivity contribution is 6.01. The molecule has 1 heterocycles. The second-order valence-electron chi connectivity index (χ2n) is 6.29. The van der Waals surface area contributed by atoms with Crippen LogP contribution >= 0.6 is 0 Å². The first kappa shape index (κ1) is 13.3. The summed E-state index contributed by atoms with van der Waals surface area (Å²) in [7, 11) is 0. The van der Waals surface area contributed by atoms with Crippen molar-refractivity contribution in [2.24, 2.45) is 0 Å². The van der Waals surface area contributed by atoms with Crippen molar-refractivity contribution in [3.63, 3.8) is 0 Å². The molecule has 0 aromatic heterocycles. The van der Waals surface area contributed by atoms with E-state index in [1.54, 1.807) is 0 Å². The summed E-state index contributed by atoms with van der Waals surface area (Å²) in [4.78, 5) is 12.5. The zero-order chi connectivity index (χ0) is 13.3. The number of hydrogen-bond acceptors (Lipinski definition) is 2.